The lowest BCUT2D eigenvalue weighted by Gasteiger charge is -2.31. The van der Waals surface area contributed by atoms with E-state index in [1.807, 2.05) is 145 Å². The third kappa shape index (κ3) is 19.5. The molecule has 0 heterocycles. The summed E-state index contributed by atoms with van der Waals surface area (Å²) in [6, 6.07) is 14.8. The minimum absolute atomic E-state index is 0.0745. The highest BCUT2D eigenvalue weighted by Crippen LogP contribution is 2.39. The quantitative estimate of drug-likeness (QED) is 0.0291. The number of hydrogen-bond donors (Lipinski definition) is 2. The van der Waals surface area contributed by atoms with Crippen LogP contribution in [0.25, 0.3) is 0 Å². The predicted molar refractivity (Wildman–Crippen MR) is 314 cm³/mol. The van der Waals surface area contributed by atoms with E-state index in [1.165, 1.54) is 0 Å². The van der Waals surface area contributed by atoms with Crippen LogP contribution in [-0.2, 0) is 95.1 Å². The Kier molecular flexibility index (Phi) is 22.5. The molecule has 14 nitrogen and oxygen atoms in total. The van der Waals surface area contributed by atoms with Gasteiger partial charge in [0.2, 0.25) is 0 Å². The molecule has 0 unspecified atom stereocenters. The molecule has 4 aromatic rings. The monoisotopic (exact) mass is 1120 g/mol. The van der Waals surface area contributed by atoms with Crippen molar-refractivity contribution in [2.45, 2.75) is 184 Å². The van der Waals surface area contributed by atoms with Gasteiger partial charge in [0.25, 0.3) is 0 Å². The fourth-order valence-corrected chi connectivity index (χ4v) is 9.25. The average molecular weight is 1120 g/mol. The zero-order valence-electron chi connectivity index (χ0n) is 51.0. The van der Waals surface area contributed by atoms with Crippen molar-refractivity contribution in [1.82, 2.24) is 0 Å². The highest BCUT2D eigenvalue weighted by atomic mass is 16.6. The molecule has 0 saturated heterocycles. The number of phenolic OH excluding ortho intramolecular Hbond substituents is 2. The SMILES string of the molecule is C=CC(=O)Oc1c(C)cc(CCC(=O)OCC(COC(=O)CCc2cc(C)c(O)c(C(C)(C)C)c2)(COC(=O)CCc2cc(C)c(O)c(C(C)(C)C)c2)COC(=O)CCc2cc(C)c(OC(=O)C=C)c(C(C)(C)C)c2)cc1C(C)(C)C. The second-order valence-electron chi connectivity index (χ2n) is 25.6. The summed E-state index contributed by atoms with van der Waals surface area (Å²) in [5, 5.41) is 21.7. The lowest BCUT2D eigenvalue weighted by atomic mass is 9.83. The molecule has 81 heavy (non-hydrogen) atoms. The molecule has 440 valence electrons. The summed E-state index contributed by atoms with van der Waals surface area (Å²) >= 11 is 0. The minimum atomic E-state index is -1.60. The van der Waals surface area contributed by atoms with Crippen molar-refractivity contribution in [3.63, 3.8) is 0 Å². The molecule has 4 aromatic carbocycles. The van der Waals surface area contributed by atoms with E-state index in [9.17, 15) is 39.0 Å². The van der Waals surface area contributed by atoms with Crippen LogP contribution in [0.2, 0.25) is 0 Å². The molecule has 0 aliphatic carbocycles. The number of ether oxygens (including phenoxy) is 6. The summed E-state index contributed by atoms with van der Waals surface area (Å²) in [6.45, 7) is 36.2. The van der Waals surface area contributed by atoms with Gasteiger partial charge in [-0.05, 0) is 131 Å². The highest BCUT2D eigenvalue weighted by molar-refractivity contribution is 5.84. The number of benzene rings is 4. The van der Waals surface area contributed by atoms with Crippen molar-refractivity contribution in [3.8, 4) is 23.0 Å². The first-order valence-corrected chi connectivity index (χ1v) is 27.7. The van der Waals surface area contributed by atoms with E-state index in [2.05, 4.69) is 13.2 Å². The number of carbonyl (C=O) groups excluding carboxylic acids is 6. The standard InChI is InChI=1S/C67H88O14/c1-19-53(68)80-61-43(5)31-47(35-51(61)65(13,14)15)23-27-57(72)78-39-67(37-76-55(70)25-21-45-29-41(3)59(74)49(33-45)63(7,8)9,38-77-56(71)26-22-46-30-42(4)60(75)50(34-46)64(10,11)12)40-79-58(73)28-24-48-32-44(6)62(81-54(69)20-2)52(36-48)66(16,17)18/h19-20,29-36,74-75H,1-2,21-28,37-40H2,3-18H3. The second kappa shape index (κ2) is 27.5. The van der Waals surface area contributed by atoms with Crippen LogP contribution < -0.4 is 9.47 Å². The Morgan fingerprint density at radius 2 is 0.630 bits per heavy atom. The molecule has 2 N–H and O–H groups in total. The average Bonchev–Trinajstić information content (AvgIpc) is 3.37. The lowest BCUT2D eigenvalue weighted by Crippen LogP contribution is -2.44. The Morgan fingerprint density at radius 3 is 0.864 bits per heavy atom. The van der Waals surface area contributed by atoms with E-state index in [1.54, 1.807) is 13.8 Å². The largest absolute Gasteiger partial charge is 0.507 e. The third-order valence-electron chi connectivity index (χ3n) is 14.0. The molecule has 0 aromatic heterocycles. The van der Waals surface area contributed by atoms with Crippen LogP contribution in [-0.4, -0.2) is 72.5 Å². The van der Waals surface area contributed by atoms with E-state index >= 15 is 0 Å². The molecule has 0 fully saturated rings. The van der Waals surface area contributed by atoms with Gasteiger partial charge in [-0.15, -0.1) is 0 Å². The van der Waals surface area contributed by atoms with Crippen molar-refractivity contribution in [1.29, 1.82) is 0 Å². The van der Waals surface area contributed by atoms with Crippen molar-refractivity contribution in [2.75, 3.05) is 26.4 Å². The lowest BCUT2D eigenvalue weighted by molar-refractivity contribution is -0.170. The summed E-state index contributed by atoms with van der Waals surface area (Å²) in [4.78, 5) is 80.0. The first-order chi connectivity index (χ1) is 37.5. The zero-order chi connectivity index (χ0) is 61.0. The van der Waals surface area contributed by atoms with Gasteiger partial charge in [-0.3, -0.25) is 19.2 Å². The summed E-state index contributed by atoms with van der Waals surface area (Å²) < 4.78 is 35.2. The first-order valence-electron chi connectivity index (χ1n) is 27.7. The van der Waals surface area contributed by atoms with Crippen LogP contribution in [0.3, 0.4) is 0 Å². The van der Waals surface area contributed by atoms with Gasteiger partial charge >= 0.3 is 35.8 Å². The molecular weight excluding hydrogens is 1030 g/mol. The van der Waals surface area contributed by atoms with Crippen LogP contribution in [0.1, 0.15) is 176 Å². The predicted octanol–water partition coefficient (Wildman–Crippen LogP) is 12.7. The number of aromatic hydroxyl groups is 2. The molecule has 0 spiro atoms. The molecular formula is C67H88O14. The molecule has 0 bridgehead atoms. The van der Waals surface area contributed by atoms with E-state index < -0.39 is 78.5 Å². The third-order valence-corrected chi connectivity index (χ3v) is 14.0. The fourth-order valence-electron chi connectivity index (χ4n) is 9.25. The Morgan fingerprint density at radius 1 is 0.395 bits per heavy atom. The number of rotatable bonds is 24. The minimum Gasteiger partial charge on any atom is -0.507 e. The molecule has 0 aliphatic heterocycles. The summed E-state index contributed by atoms with van der Waals surface area (Å²) in [7, 11) is 0. The van der Waals surface area contributed by atoms with Gasteiger partial charge in [-0.1, -0.05) is 145 Å². The fraction of sp³-hybridized carbons (Fsp3) is 0.493. The summed E-state index contributed by atoms with van der Waals surface area (Å²) in [6.07, 6.45) is 2.85. The normalized spacial score (nSPS) is 12.0. The van der Waals surface area contributed by atoms with Gasteiger partial charge in [0.1, 0.15) is 54.8 Å². The second-order valence-corrected chi connectivity index (χ2v) is 25.6. The van der Waals surface area contributed by atoms with E-state index in [0.29, 0.717) is 33.8 Å². The Bertz CT molecular complexity index is 2780. The first kappa shape index (κ1) is 66.3. The number of hydrogen-bond acceptors (Lipinski definition) is 14. The molecule has 0 amide bonds. The maximum atomic E-state index is 13.9. The van der Waals surface area contributed by atoms with Gasteiger partial charge in [-0.2, -0.15) is 0 Å². The van der Waals surface area contributed by atoms with E-state index in [-0.39, 0.29) is 73.7 Å². The number of phenols is 2. The highest BCUT2D eigenvalue weighted by Gasteiger charge is 2.38. The van der Waals surface area contributed by atoms with Crippen LogP contribution in [0, 0.1) is 33.1 Å². The van der Waals surface area contributed by atoms with Crippen molar-refractivity contribution in [3.05, 3.63) is 141 Å². The van der Waals surface area contributed by atoms with Crippen molar-refractivity contribution in [2.24, 2.45) is 5.41 Å². The maximum Gasteiger partial charge on any atom is 0.335 e. The van der Waals surface area contributed by atoms with Gasteiger partial charge in [0.15, 0.2) is 0 Å². The molecule has 0 atom stereocenters. The topological polar surface area (TPSA) is 198 Å². The number of aryl methyl sites for hydroxylation is 8. The van der Waals surface area contributed by atoms with Crippen molar-refractivity contribution >= 4 is 35.8 Å². The van der Waals surface area contributed by atoms with Crippen molar-refractivity contribution < 1.29 is 67.4 Å². The van der Waals surface area contributed by atoms with Gasteiger partial charge < -0.3 is 38.6 Å². The molecule has 14 heteroatoms. The van der Waals surface area contributed by atoms with Gasteiger partial charge in [0, 0.05) is 49.0 Å². The Hall–Kier alpha value is -7.22. The number of carbonyl (C=O) groups is 6. The van der Waals surface area contributed by atoms with Crippen LogP contribution >= 0.6 is 0 Å². The van der Waals surface area contributed by atoms with Crippen LogP contribution in [0.4, 0.5) is 0 Å². The molecule has 0 radical (unpaired) electrons. The number of esters is 6. The molecule has 0 aliphatic rings. The van der Waals surface area contributed by atoms with Crippen LogP contribution in [0.5, 0.6) is 23.0 Å². The molecule has 4 rings (SSSR count). The smallest absolute Gasteiger partial charge is 0.335 e. The maximum absolute atomic E-state index is 13.9. The van der Waals surface area contributed by atoms with Crippen LogP contribution in [0.15, 0.2) is 73.8 Å². The zero-order valence-corrected chi connectivity index (χ0v) is 51.0. The van der Waals surface area contributed by atoms with E-state index in [0.717, 1.165) is 56.7 Å². The summed E-state index contributed by atoms with van der Waals surface area (Å²) in [5.74, 6) is -2.51. The Labute approximate surface area is 480 Å². The van der Waals surface area contributed by atoms with Gasteiger partial charge in [0.05, 0.1) is 0 Å². The van der Waals surface area contributed by atoms with E-state index in [4.69, 9.17) is 28.4 Å². The van der Waals surface area contributed by atoms with Gasteiger partial charge in [-0.25, -0.2) is 9.59 Å². The summed E-state index contributed by atoms with van der Waals surface area (Å²) in [5.41, 5.74) is 5.62. The Balaban J connectivity index is 1.69. The molecule has 0 saturated carbocycles.